The van der Waals surface area contributed by atoms with Crippen LogP contribution < -0.4 is 19.7 Å². The molecular weight excluding hydrogens is 256 g/mol. The maximum atomic E-state index is 12.4. The zero-order valence-electron chi connectivity index (χ0n) is 11.9. The Bertz CT molecular complexity index is 514. The molecule has 1 saturated heterocycles. The third-order valence-electron chi connectivity index (χ3n) is 3.90. The first-order valence-electron chi connectivity index (χ1n) is 7.02. The van der Waals surface area contributed by atoms with Gasteiger partial charge in [0.05, 0.1) is 20.3 Å². The van der Waals surface area contributed by atoms with Crippen LogP contribution in [0.5, 0.6) is 11.5 Å². The van der Waals surface area contributed by atoms with Crippen LogP contribution in [0.4, 0.5) is 5.69 Å². The highest BCUT2D eigenvalue weighted by molar-refractivity contribution is 5.99. The van der Waals surface area contributed by atoms with Crippen LogP contribution in [0.2, 0.25) is 0 Å². The molecule has 3 rings (SSSR count). The lowest BCUT2D eigenvalue weighted by Gasteiger charge is -2.19. The molecule has 0 aromatic heterocycles. The van der Waals surface area contributed by atoms with Crippen LogP contribution in [0, 0.1) is 0 Å². The minimum absolute atomic E-state index is 0.0319. The monoisotopic (exact) mass is 276 g/mol. The number of methoxy groups -OCH3 is 2. The summed E-state index contributed by atoms with van der Waals surface area (Å²) in [4.78, 5) is 14.2. The Balaban J connectivity index is 1.77. The maximum absolute atomic E-state index is 12.4. The molecule has 2 fully saturated rings. The summed E-state index contributed by atoms with van der Waals surface area (Å²) in [7, 11) is 3.21. The van der Waals surface area contributed by atoms with Gasteiger partial charge in [-0.3, -0.25) is 4.79 Å². The van der Waals surface area contributed by atoms with Crippen molar-refractivity contribution in [3.63, 3.8) is 0 Å². The average molecular weight is 276 g/mol. The van der Waals surface area contributed by atoms with Crippen molar-refractivity contribution in [2.75, 3.05) is 25.7 Å². The van der Waals surface area contributed by atoms with E-state index in [4.69, 9.17) is 9.47 Å². The molecule has 1 saturated carbocycles. The zero-order valence-corrected chi connectivity index (χ0v) is 11.9. The van der Waals surface area contributed by atoms with Crippen LogP contribution in [0.1, 0.15) is 19.3 Å². The number of anilines is 1. The van der Waals surface area contributed by atoms with Crippen LogP contribution in [-0.2, 0) is 4.79 Å². The van der Waals surface area contributed by atoms with Crippen molar-refractivity contribution < 1.29 is 14.3 Å². The second-order valence-electron chi connectivity index (χ2n) is 5.31. The van der Waals surface area contributed by atoms with Crippen molar-refractivity contribution in [1.29, 1.82) is 0 Å². The average Bonchev–Trinajstić information content (AvgIpc) is 3.22. The smallest absolute Gasteiger partial charge is 0.244 e. The molecule has 0 radical (unpaired) electrons. The van der Waals surface area contributed by atoms with Gasteiger partial charge < -0.3 is 19.7 Å². The molecule has 1 unspecified atom stereocenters. The largest absolute Gasteiger partial charge is 0.493 e. The van der Waals surface area contributed by atoms with Crippen molar-refractivity contribution in [2.45, 2.75) is 31.3 Å². The highest BCUT2D eigenvalue weighted by Crippen LogP contribution is 2.33. The van der Waals surface area contributed by atoms with Gasteiger partial charge in [-0.15, -0.1) is 0 Å². The van der Waals surface area contributed by atoms with Crippen molar-refractivity contribution in [2.24, 2.45) is 0 Å². The zero-order chi connectivity index (χ0) is 14.1. The number of nitrogens with one attached hydrogen (secondary N) is 1. The Morgan fingerprint density at radius 2 is 1.90 bits per heavy atom. The van der Waals surface area contributed by atoms with Gasteiger partial charge in [-0.1, -0.05) is 0 Å². The fourth-order valence-corrected chi connectivity index (χ4v) is 2.62. The standard InChI is InChI=1S/C15H20N2O3/c1-19-13-6-5-11(9-14(13)20-2)17-8-7-12(15(17)18)16-10-3-4-10/h5-6,9-10,12,16H,3-4,7-8H2,1-2H3. The lowest BCUT2D eigenvalue weighted by atomic mass is 10.2. The minimum Gasteiger partial charge on any atom is -0.493 e. The number of nitrogens with zero attached hydrogens (tertiary/aromatic N) is 1. The summed E-state index contributed by atoms with van der Waals surface area (Å²) in [5.41, 5.74) is 0.868. The van der Waals surface area contributed by atoms with E-state index in [1.54, 1.807) is 14.2 Å². The second kappa shape index (κ2) is 5.32. The lowest BCUT2D eigenvalue weighted by molar-refractivity contribution is -0.118. The molecule has 20 heavy (non-hydrogen) atoms. The molecule has 0 spiro atoms. The maximum Gasteiger partial charge on any atom is 0.244 e. The van der Waals surface area contributed by atoms with Gasteiger partial charge in [-0.25, -0.2) is 0 Å². The van der Waals surface area contributed by atoms with Gasteiger partial charge >= 0.3 is 0 Å². The number of rotatable bonds is 5. The van der Waals surface area contributed by atoms with E-state index in [1.165, 1.54) is 12.8 Å². The third-order valence-corrected chi connectivity index (χ3v) is 3.90. The van der Waals surface area contributed by atoms with E-state index in [0.717, 1.165) is 18.7 Å². The Kier molecular flexibility index (Phi) is 3.53. The van der Waals surface area contributed by atoms with E-state index >= 15 is 0 Å². The van der Waals surface area contributed by atoms with Gasteiger partial charge in [0.2, 0.25) is 5.91 Å². The molecule has 1 N–H and O–H groups in total. The normalized spacial score (nSPS) is 22.2. The van der Waals surface area contributed by atoms with Gasteiger partial charge in [0.25, 0.3) is 0 Å². The van der Waals surface area contributed by atoms with E-state index in [1.807, 2.05) is 23.1 Å². The van der Waals surface area contributed by atoms with E-state index in [9.17, 15) is 4.79 Å². The Hall–Kier alpha value is -1.75. The van der Waals surface area contributed by atoms with E-state index in [2.05, 4.69) is 5.32 Å². The molecule has 0 bridgehead atoms. The summed E-state index contributed by atoms with van der Waals surface area (Å²) in [6.07, 6.45) is 3.25. The highest BCUT2D eigenvalue weighted by atomic mass is 16.5. The molecule has 5 heteroatoms. The van der Waals surface area contributed by atoms with Crippen LogP contribution in [0.3, 0.4) is 0 Å². The van der Waals surface area contributed by atoms with Gasteiger partial charge in [0.1, 0.15) is 0 Å². The van der Waals surface area contributed by atoms with Crippen molar-refractivity contribution in [3.05, 3.63) is 18.2 Å². The molecular formula is C15H20N2O3. The fourth-order valence-electron chi connectivity index (χ4n) is 2.62. The van der Waals surface area contributed by atoms with Crippen LogP contribution in [0.25, 0.3) is 0 Å². The first-order valence-corrected chi connectivity index (χ1v) is 7.02. The number of hydrogen-bond acceptors (Lipinski definition) is 4. The third kappa shape index (κ3) is 2.45. The van der Waals surface area contributed by atoms with Crippen molar-refractivity contribution in [1.82, 2.24) is 5.32 Å². The van der Waals surface area contributed by atoms with Gasteiger partial charge in [0, 0.05) is 24.3 Å². The lowest BCUT2D eigenvalue weighted by Crippen LogP contribution is -2.39. The van der Waals surface area contributed by atoms with Crippen LogP contribution in [-0.4, -0.2) is 38.8 Å². The minimum atomic E-state index is -0.0319. The van der Waals surface area contributed by atoms with Crippen LogP contribution >= 0.6 is 0 Å². The summed E-state index contributed by atoms with van der Waals surface area (Å²) in [5, 5.41) is 3.41. The second-order valence-corrected chi connectivity index (χ2v) is 5.31. The predicted octanol–water partition coefficient (Wildman–Crippen LogP) is 1.56. The molecule has 2 aliphatic rings. The molecule has 108 valence electrons. The molecule has 1 aliphatic heterocycles. The summed E-state index contributed by atoms with van der Waals surface area (Å²) in [6.45, 7) is 0.749. The SMILES string of the molecule is COc1ccc(N2CCC(NC3CC3)C2=O)cc1OC. The number of amides is 1. The summed E-state index contributed by atoms with van der Waals surface area (Å²) >= 11 is 0. The van der Waals surface area contributed by atoms with Crippen LogP contribution in [0.15, 0.2) is 18.2 Å². The quantitative estimate of drug-likeness (QED) is 0.886. The fraction of sp³-hybridized carbons (Fsp3) is 0.533. The van der Waals surface area contributed by atoms with Gasteiger partial charge in [-0.05, 0) is 31.4 Å². The van der Waals surface area contributed by atoms with Gasteiger partial charge in [0.15, 0.2) is 11.5 Å². The Morgan fingerprint density at radius 1 is 1.15 bits per heavy atom. The number of carbonyl (C=O) groups excluding carboxylic acids is 1. The Labute approximate surface area is 118 Å². The van der Waals surface area contributed by atoms with Crippen molar-refractivity contribution >= 4 is 11.6 Å². The molecule has 1 heterocycles. The molecule has 1 atom stereocenters. The van der Waals surface area contributed by atoms with Crippen molar-refractivity contribution in [3.8, 4) is 11.5 Å². The first kappa shape index (κ1) is 13.2. The van der Waals surface area contributed by atoms with E-state index in [-0.39, 0.29) is 11.9 Å². The van der Waals surface area contributed by atoms with E-state index in [0.29, 0.717) is 17.5 Å². The molecule has 1 aromatic rings. The molecule has 1 amide bonds. The Morgan fingerprint density at radius 3 is 2.55 bits per heavy atom. The number of benzene rings is 1. The summed E-state index contributed by atoms with van der Waals surface area (Å²) in [6, 6.07) is 6.11. The molecule has 1 aliphatic carbocycles. The number of ether oxygens (including phenoxy) is 2. The highest BCUT2D eigenvalue weighted by Gasteiger charge is 2.36. The first-order chi connectivity index (χ1) is 9.72. The number of hydrogen-bond donors (Lipinski definition) is 1. The number of carbonyl (C=O) groups is 1. The summed E-state index contributed by atoms with van der Waals surface area (Å²) in [5.74, 6) is 1.48. The summed E-state index contributed by atoms with van der Waals surface area (Å²) < 4.78 is 10.5. The predicted molar refractivity (Wildman–Crippen MR) is 76.5 cm³/mol. The molecule has 5 nitrogen and oxygen atoms in total. The molecule has 1 aromatic carbocycles. The van der Waals surface area contributed by atoms with Gasteiger partial charge in [-0.2, -0.15) is 0 Å². The van der Waals surface area contributed by atoms with E-state index < -0.39 is 0 Å². The topological polar surface area (TPSA) is 50.8 Å².